The van der Waals surface area contributed by atoms with Gasteiger partial charge in [0.25, 0.3) is 5.91 Å². The van der Waals surface area contributed by atoms with Crippen LogP contribution in [0.2, 0.25) is 0 Å². The first-order valence-corrected chi connectivity index (χ1v) is 6.29. The molecule has 0 bridgehead atoms. The van der Waals surface area contributed by atoms with E-state index in [4.69, 9.17) is 5.11 Å². The van der Waals surface area contributed by atoms with Gasteiger partial charge >= 0.3 is 5.97 Å². The fraction of sp³-hybridized carbons (Fsp3) is 0.385. The summed E-state index contributed by atoms with van der Waals surface area (Å²) in [6.45, 7) is 3.95. The Bertz CT molecular complexity index is 635. The molecule has 0 atom stereocenters. The molecule has 0 saturated heterocycles. The predicted octanol–water partition coefficient (Wildman–Crippen LogP) is 1.14. The van der Waals surface area contributed by atoms with Crippen LogP contribution in [0.3, 0.4) is 0 Å². The van der Waals surface area contributed by atoms with Gasteiger partial charge in [-0.05, 0) is 24.1 Å². The molecule has 2 rings (SSSR count). The molecule has 7 nitrogen and oxygen atoms in total. The second-order valence-corrected chi connectivity index (χ2v) is 5.00. The highest BCUT2D eigenvalue weighted by Gasteiger charge is 2.20. The summed E-state index contributed by atoms with van der Waals surface area (Å²) in [5.74, 6) is -1.15. The Morgan fingerprint density at radius 3 is 2.65 bits per heavy atom. The van der Waals surface area contributed by atoms with Crippen LogP contribution in [0.1, 0.15) is 24.2 Å². The molecule has 0 aliphatic rings. The molecule has 0 radical (unpaired) electrons. The number of hydrogen-bond acceptors (Lipinski definition) is 4. The third-order valence-corrected chi connectivity index (χ3v) is 2.76. The zero-order valence-corrected chi connectivity index (χ0v) is 11.3. The Balaban J connectivity index is 2.26. The number of nitrogens with one attached hydrogen (secondary N) is 1. The average molecular weight is 276 g/mol. The number of carboxylic acids is 1. The van der Waals surface area contributed by atoms with E-state index in [1.165, 1.54) is 4.90 Å². The highest BCUT2D eigenvalue weighted by Crippen LogP contribution is 2.13. The van der Waals surface area contributed by atoms with E-state index < -0.39 is 5.97 Å². The van der Waals surface area contributed by atoms with Crippen LogP contribution >= 0.6 is 0 Å². The van der Waals surface area contributed by atoms with Crippen molar-refractivity contribution >= 4 is 22.9 Å². The summed E-state index contributed by atoms with van der Waals surface area (Å²) in [5, 5.41) is 19.2. The molecule has 1 heterocycles. The number of carbonyl (C=O) groups excluding carboxylic acids is 1. The molecule has 0 fully saturated rings. The molecule has 0 spiro atoms. The molecule has 2 aromatic rings. The van der Waals surface area contributed by atoms with Crippen LogP contribution in [0.25, 0.3) is 11.0 Å². The Morgan fingerprint density at radius 1 is 1.30 bits per heavy atom. The van der Waals surface area contributed by atoms with Gasteiger partial charge in [0.1, 0.15) is 17.6 Å². The van der Waals surface area contributed by atoms with E-state index in [1.54, 1.807) is 18.2 Å². The van der Waals surface area contributed by atoms with Gasteiger partial charge in [0.15, 0.2) is 0 Å². The minimum absolute atomic E-state index is 0.189. The first-order chi connectivity index (χ1) is 9.47. The van der Waals surface area contributed by atoms with Crippen LogP contribution in [0.5, 0.6) is 0 Å². The third kappa shape index (κ3) is 3.11. The van der Waals surface area contributed by atoms with Crippen molar-refractivity contribution in [2.24, 2.45) is 5.92 Å². The summed E-state index contributed by atoms with van der Waals surface area (Å²) in [4.78, 5) is 24.6. The van der Waals surface area contributed by atoms with E-state index in [9.17, 15) is 9.59 Å². The number of aliphatic carboxylic acids is 1. The van der Waals surface area contributed by atoms with E-state index in [1.807, 2.05) is 13.8 Å². The second kappa shape index (κ2) is 5.68. The highest BCUT2D eigenvalue weighted by atomic mass is 16.4. The van der Waals surface area contributed by atoms with Crippen molar-refractivity contribution in [1.29, 1.82) is 0 Å². The van der Waals surface area contributed by atoms with E-state index >= 15 is 0 Å². The van der Waals surface area contributed by atoms with Crippen LogP contribution in [-0.4, -0.2) is 50.4 Å². The number of fused-ring (bicyclic) bond motifs is 1. The minimum atomic E-state index is -1.03. The molecule has 20 heavy (non-hydrogen) atoms. The predicted molar refractivity (Wildman–Crippen MR) is 72.3 cm³/mol. The van der Waals surface area contributed by atoms with Crippen molar-refractivity contribution in [3.63, 3.8) is 0 Å². The number of hydrogen-bond donors (Lipinski definition) is 2. The van der Waals surface area contributed by atoms with Crippen LogP contribution < -0.4 is 0 Å². The monoisotopic (exact) mass is 276 g/mol. The van der Waals surface area contributed by atoms with Crippen LogP contribution in [0.15, 0.2) is 18.2 Å². The second-order valence-electron chi connectivity index (χ2n) is 5.00. The fourth-order valence-corrected chi connectivity index (χ4v) is 1.98. The van der Waals surface area contributed by atoms with Gasteiger partial charge in [-0.15, -0.1) is 0 Å². The molecule has 1 aromatic carbocycles. The summed E-state index contributed by atoms with van der Waals surface area (Å²) in [7, 11) is 0. The van der Waals surface area contributed by atoms with Gasteiger partial charge < -0.3 is 10.0 Å². The summed E-state index contributed by atoms with van der Waals surface area (Å²) in [6, 6.07) is 4.92. The quantitative estimate of drug-likeness (QED) is 0.853. The number of carboxylic acid groups (broad SMARTS) is 1. The molecule has 0 aliphatic heterocycles. The molecule has 1 amide bonds. The maximum atomic E-state index is 12.4. The molecule has 1 aromatic heterocycles. The van der Waals surface area contributed by atoms with Crippen molar-refractivity contribution in [1.82, 2.24) is 20.3 Å². The zero-order valence-electron chi connectivity index (χ0n) is 11.3. The summed E-state index contributed by atoms with van der Waals surface area (Å²) < 4.78 is 0. The molecule has 7 heteroatoms. The SMILES string of the molecule is CC(C)CN(CC(=O)O)C(=O)c1ccc2n[nH]nc2c1. The van der Waals surface area contributed by atoms with Gasteiger partial charge in [-0.1, -0.05) is 13.8 Å². The topological polar surface area (TPSA) is 99.2 Å². The Morgan fingerprint density at radius 2 is 2.00 bits per heavy atom. The molecule has 0 saturated carbocycles. The van der Waals surface area contributed by atoms with E-state index in [0.29, 0.717) is 23.1 Å². The molecule has 0 unspecified atom stereocenters. The summed E-state index contributed by atoms with van der Waals surface area (Å²) in [5.41, 5.74) is 1.65. The largest absolute Gasteiger partial charge is 0.480 e. The lowest BCUT2D eigenvalue weighted by Crippen LogP contribution is -2.38. The van der Waals surface area contributed by atoms with Crippen molar-refractivity contribution < 1.29 is 14.7 Å². The molecular weight excluding hydrogens is 260 g/mol. The zero-order chi connectivity index (χ0) is 14.7. The number of amides is 1. The van der Waals surface area contributed by atoms with Gasteiger partial charge in [-0.2, -0.15) is 15.4 Å². The van der Waals surface area contributed by atoms with Crippen molar-refractivity contribution in [2.75, 3.05) is 13.1 Å². The van der Waals surface area contributed by atoms with Crippen LogP contribution in [0, 0.1) is 5.92 Å². The summed E-state index contributed by atoms with van der Waals surface area (Å²) >= 11 is 0. The number of aromatic amines is 1. The smallest absolute Gasteiger partial charge is 0.323 e. The Kier molecular flexibility index (Phi) is 3.97. The molecule has 0 aliphatic carbocycles. The van der Waals surface area contributed by atoms with E-state index in [-0.39, 0.29) is 18.4 Å². The van der Waals surface area contributed by atoms with Gasteiger partial charge in [-0.3, -0.25) is 9.59 Å². The Labute approximate surface area is 115 Å². The average Bonchev–Trinajstić information content (AvgIpc) is 2.83. The number of nitrogens with zero attached hydrogens (tertiary/aromatic N) is 3. The summed E-state index contributed by atoms with van der Waals surface area (Å²) in [6.07, 6.45) is 0. The Hall–Kier alpha value is -2.44. The number of rotatable bonds is 5. The maximum absolute atomic E-state index is 12.4. The normalized spacial score (nSPS) is 10.9. The van der Waals surface area contributed by atoms with Crippen molar-refractivity contribution in [3.8, 4) is 0 Å². The van der Waals surface area contributed by atoms with Crippen LogP contribution in [0.4, 0.5) is 0 Å². The lowest BCUT2D eigenvalue weighted by Gasteiger charge is -2.22. The molecule has 106 valence electrons. The number of aromatic nitrogens is 3. The number of H-pyrrole nitrogens is 1. The van der Waals surface area contributed by atoms with E-state index in [2.05, 4.69) is 15.4 Å². The number of benzene rings is 1. The van der Waals surface area contributed by atoms with Gasteiger partial charge in [0, 0.05) is 12.1 Å². The van der Waals surface area contributed by atoms with Gasteiger partial charge in [-0.25, -0.2) is 0 Å². The first-order valence-electron chi connectivity index (χ1n) is 6.29. The lowest BCUT2D eigenvalue weighted by atomic mass is 10.1. The van der Waals surface area contributed by atoms with Gasteiger partial charge in [0.2, 0.25) is 0 Å². The van der Waals surface area contributed by atoms with Gasteiger partial charge in [0.05, 0.1) is 0 Å². The fourth-order valence-electron chi connectivity index (χ4n) is 1.98. The minimum Gasteiger partial charge on any atom is -0.480 e. The molecule has 2 N–H and O–H groups in total. The van der Waals surface area contributed by atoms with E-state index in [0.717, 1.165) is 0 Å². The van der Waals surface area contributed by atoms with Crippen molar-refractivity contribution in [2.45, 2.75) is 13.8 Å². The lowest BCUT2D eigenvalue weighted by molar-refractivity contribution is -0.137. The van der Waals surface area contributed by atoms with Crippen LogP contribution in [-0.2, 0) is 4.79 Å². The maximum Gasteiger partial charge on any atom is 0.323 e. The molecular formula is C13H16N4O3. The first kappa shape index (κ1) is 14.0. The third-order valence-electron chi connectivity index (χ3n) is 2.76. The van der Waals surface area contributed by atoms with Crippen molar-refractivity contribution in [3.05, 3.63) is 23.8 Å². The standard InChI is InChI=1S/C13H16N4O3/c1-8(2)6-17(7-12(18)19)13(20)9-3-4-10-11(5-9)15-16-14-10/h3-5,8H,6-7H2,1-2H3,(H,18,19)(H,14,15,16). The number of carbonyl (C=O) groups is 2. The highest BCUT2D eigenvalue weighted by molar-refractivity contribution is 5.98.